The number of benzene rings is 2. The highest BCUT2D eigenvalue weighted by Crippen LogP contribution is 2.28. The van der Waals surface area contributed by atoms with Gasteiger partial charge >= 0.3 is 6.09 Å². The molecule has 0 aliphatic rings. The maximum atomic E-state index is 13.2. The zero-order valence-corrected chi connectivity index (χ0v) is 19.6. The van der Waals surface area contributed by atoms with Crippen molar-refractivity contribution in [3.8, 4) is 11.8 Å². The van der Waals surface area contributed by atoms with E-state index in [1.165, 1.54) is 12.1 Å². The quantitative estimate of drug-likeness (QED) is 0.406. The third-order valence-corrected chi connectivity index (χ3v) is 4.24. The molecule has 0 aromatic heterocycles. The van der Waals surface area contributed by atoms with Crippen molar-refractivity contribution in [3.63, 3.8) is 0 Å². The Morgan fingerprint density at radius 2 is 1.79 bits per heavy atom. The van der Waals surface area contributed by atoms with E-state index in [4.69, 9.17) is 4.74 Å². The molecule has 1 amide bonds. The third kappa shape index (κ3) is 10.4. The van der Waals surface area contributed by atoms with Crippen LogP contribution in [-0.4, -0.2) is 39.4 Å². The molecule has 0 heterocycles. The fourth-order valence-corrected chi connectivity index (χ4v) is 2.71. The lowest BCUT2D eigenvalue weighted by Gasteiger charge is -2.24. The lowest BCUT2D eigenvalue weighted by molar-refractivity contribution is -0.128. The summed E-state index contributed by atoms with van der Waals surface area (Å²) >= 11 is 0. The van der Waals surface area contributed by atoms with Crippen molar-refractivity contribution in [1.82, 2.24) is 0 Å². The topological polar surface area (TPSA) is 79.9 Å². The molecule has 0 spiro atoms. The zero-order valence-electron chi connectivity index (χ0n) is 19.6. The van der Waals surface area contributed by atoms with Gasteiger partial charge in [0.1, 0.15) is 5.82 Å². The van der Waals surface area contributed by atoms with Crippen molar-refractivity contribution in [3.05, 3.63) is 53.8 Å². The molecule has 8 heteroatoms. The fraction of sp³-hybridized carbons (Fsp3) is 0.360. The van der Waals surface area contributed by atoms with Crippen LogP contribution in [0.4, 0.5) is 26.2 Å². The largest absolute Gasteiger partial charge is 0.468 e. The van der Waals surface area contributed by atoms with Crippen molar-refractivity contribution >= 4 is 29.6 Å². The SMILES string of the molecule is CCC#CCN(Cc1ccc(F)cc1)c1ccc(NC(=O)OCC)c(NC)c1.CCOC=O. The van der Waals surface area contributed by atoms with Crippen LogP contribution in [0.2, 0.25) is 0 Å². The van der Waals surface area contributed by atoms with Crippen molar-refractivity contribution in [2.75, 3.05) is 42.3 Å². The summed E-state index contributed by atoms with van der Waals surface area (Å²) in [5.41, 5.74) is 3.32. The molecule has 2 aromatic rings. The summed E-state index contributed by atoms with van der Waals surface area (Å²) in [7, 11) is 1.79. The number of hydrogen-bond acceptors (Lipinski definition) is 6. The van der Waals surface area contributed by atoms with Crippen LogP contribution in [0.5, 0.6) is 0 Å². The molecule has 2 rings (SSSR count). The molecule has 7 nitrogen and oxygen atoms in total. The van der Waals surface area contributed by atoms with Crippen LogP contribution in [0, 0.1) is 17.7 Å². The van der Waals surface area contributed by atoms with Crippen LogP contribution in [-0.2, 0) is 20.8 Å². The minimum absolute atomic E-state index is 0.257. The van der Waals surface area contributed by atoms with Gasteiger partial charge in [-0.1, -0.05) is 25.0 Å². The number of carbonyl (C=O) groups excluding carboxylic acids is 2. The van der Waals surface area contributed by atoms with Crippen LogP contribution >= 0.6 is 0 Å². The van der Waals surface area contributed by atoms with Crippen LogP contribution in [0.3, 0.4) is 0 Å². The normalized spacial score (nSPS) is 9.36. The molecular weight excluding hydrogens is 425 g/mol. The molecule has 0 aliphatic heterocycles. The van der Waals surface area contributed by atoms with Crippen LogP contribution < -0.4 is 15.5 Å². The number of rotatable bonds is 9. The van der Waals surface area contributed by atoms with Crippen LogP contribution in [0.15, 0.2) is 42.5 Å². The van der Waals surface area contributed by atoms with E-state index < -0.39 is 6.09 Å². The smallest absolute Gasteiger partial charge is 0.411 e. The average molecular weight is 458 g/mol. The first-order chi connectivity index (χ1) is 16.0. The molecule has 0 saturated heterocycles. The molecular formula is C25H32FN3O4. The highest BCUT2D eigenvalue weighted by atomic mass is 19.1. The maximum absolute atomic E-state index is 13.2. The van der Waals surface area contributed by atoms with E-state index in [-0.39, 0.29) is 5.82 Å². The number of nitrogens with zero attached hydrogens (tertiary/aromatic N) is 1. The Balaban J connectivity index is 0.000000981. The minimum Gasteiger partial charge on any atom is -0.468 e. The van der Waals surface area contributed by atoms with Gasteiger partial charge in [0, 0.05) is 25.7 Å². The second-order valence-electron chi connectivity index (χ2n) is 6.57. The van der Waals surface area contributed by atoms with Crippen molar-refractivity contribution in [2.24, 2.45) is 0 Å². The van der Waals surface area contributed by atoms with Gasteiger partial charge in [0.05, 0.1) is 31.1 Å². The first kappa shape index (κ1) is 27.3. The Labute approximate surface area is 195 Å². The molecule has 0 radical (unpaired) electrons. The Bertz CT molecular complexity index is 923. The van der Waals surface area contributed by atoms with Crippen LogP contribution in [0.1, 0.15) is 32.8 Å². The Morgan fingerprint density at radius 3 is 2.33 bits per heavy atom. The maximum Gasteiger partial charge on any atom is 0.411 e. The second kappa shape index (κ2) is 16.0. The van der Waals surface area contributed by atoms with Gasteiger partial charge in [0.2, 0.25) is 0 Å². The first-order valence-corrected chi connectivity index (χ1v) is 10.7. The summed E-state index contributed by atoms with van der Waals surface area (Å²) in [5, 5.41) is 5.82. The Kier molecular flexibility index (Phi) is 13.2. The highest BCUT2D eigenvalue weighted by molar-refractivity contribution is 5.90. The van der Waals surface area contributed by atoms with Gasteiger partial charge in [-0.05, 0) is 49.7 Å². The summed E-state index contributed by atoms with van der Waals surface area (Å²) in [6, 6.07) is 12.1. The van der Waals surface area contributed by atoms with Crippen molar-refractivity contribution in [1.29, 1.82) is 0 Å². The molecule has 0 atom stereocenters. The highest BCUT2D eigenvalue weighted by Gasteiger charge is 2.12. The van der Waals surface area contributed by atoms with E-state index in [9.17, 15) is 14.0 Å². The van der Waals surface area contributed by atoms with Crippen LogP contribution in [0.25, 0.3) is 0 Å². The summed E-state index contributed by atoms with van der Waals surface area (Å²) in [6.07, 6.45) is 0.290. The summed E-state index contributed by atoms with van der Waals surface area (Å²) in [5.74, 6) is 5.98. The minimum atomic E-state index is -0.497. The number of amides is 1. The van der Waals surface area contributed by atoms with Gasteiger partial charge in [0.15, 0.2) is 0 Å². The van der Waals surface area contributed by atoms with Gasteiger partial charge in [-0.2, -0.15) is 0 Å². The van der Waals surface area contributed by atoms with Gasteiger partial charge in [-0.15, -0.1) is 5.92 Å². The number of hydrogen-bond donors (Lipinski definition) is 2. The first-order valence-electron chi connectivity index (χ1n) is 10.7. The van der Waals surface area contributed by atoms with E-state index in [0.29, 0.717) is 38.5 Å². The molecule has 2 N–H and O–H groups in total. The van der Waals surface area contributed by atoms with E-state index in [2.05, 4.69) is 32.1 Å². The average Bonchev–Trinajstić information content (AvgIpc) is 2.81. The van der Waals surface area contributed by atoms with Gasteiger partial charge in [0.25, 0.3) is 6.47 Å². The fourth-order valence-electron chi connectivity index (χ4n) is 2.71. The second-order valence-corrected chi connectivity index (χ2v) is 6.57. The van der Waals surface area contributed by atoms with Gasteiger partial charge in [-0.3, -0.25) is 10.1 Å². The number of carbonyl (C=O) groups is 2. The molecule has 2 aromatic carbocycles. The monoisotopic (exact) mass is 457 g/mol. The molecule has 0 unspecified atom stereocenters. The van der Waals surface area contributed by atoms with E-state index >= 15 is 0 Å². The zero-order chi connectivity index (χ0) is 24.5. The Hall–Kier alpha value is -3.73. The van der Waals surface area contributed by atoms with Crippen molar-refractivity contribution in [2.45, 2.75) is 33.7 Å². The number of halogens is 1. The lowest BCUT2D eigenvalue weighted by Crippen LogP contribution is -2.23. The van der Waals surface area contributed by atoms with Gasteiger partial charge < -0.3 is 19.7 Å². The summed E-state index contributed by atoms with van der Waals surface area (Å²) < 4.78 is 22.3. The molecule has 0 fully saturated rings. The molecule has 0 aliphatic carbocycles. The van der Waals surface area contributed by atoms with Gasteiger partial charge in [-0.25, -0.2) is 9.18 Å². The standard InChI is InChI=1S/C22H26FN3O2.C3H6O2/c1-4-6-7-14-26(16-17-8-10-18(23)11-9-17)19-12-13-20(21(15-19)24-3)25-22(27)28-5-2;1-2-5-3-4/h8-13,15,24H,4-5,14,16H2,1-3H3,(H,25,27);3H,2H2,1H3. The number of anilines is 3. The summed E-state index contributed by atoms with van der Waals surface area (Å²) in [4.78, 5) is 23.0. The molecule has 178 valence electrons. The van der Waals surface area contributed by atoms with E-state index in [0.717, 1.165) is 23.4 Å². The predicted molar refractivity (Wildman–Crippen MR) is 130 cm³/mol. The Morgan fingerprint density at radius 1 is 1.06 bits per heavy atom. The molecule has 0 saturated carbocycles. The van der Waals surface area contributed by atoms with E-state index in [1.807, 2.05) is 25.1 Å². The number of ether oxygens (including phenoxy) is 2. The van der Waals surface area contributed by atoms with E-state index in [1.54, 1.807) is 33.0 Å². The number of nitrogens with one attached hydrogen (secondary N) is 2. The molecule has 0 bridgehead atoms. The molecule has 33 heavy (non-hydrogen) atoms. The third-order valence-electron chi connectivity index (χ3n) is 4.24. The van der Waals surface area contributed by atoms with Crippen molar-refractivity contribution < 1.29 is 23.5 Å². The summed E-state index contributed by atoms with van der Waals surface area (Å²) in [6.45, 7) is 7.86. The predicted octanol–water partition coefficient (Wildman–Crippen LogP) is 5.04. The lowest BCUT2D eigenvalue weighted by atomic mass is 10.1.